The van der Waals surface area contributed by atoms with E-state index < -0.39 is 11.9 Å². The zero-order valence-electron chi connectivity index (χ0n) is 11.4. The molecule has 0 fully saturated rings. The van der Waals surface area contributed by atoms with Crippen molar-refractivity contribution in [3.05, 3.63) is 54.6 Å². The van der Waals surface area contributed by atoms with E-state index >= 15 is 0 Å². The fourth-order valence-electron chi connectivity index (χ4n) is 1.91. The predicted molar refractivity (Wildman–Crippen MR) is 79.2 cm³/mol. The van der Waals surface area contributed by atoms with Crippen molar-refractivity contribution in [2.45, 2.75) is 0 Å². The van der Waals surface area contributed by atoms with Crippen molar-refractivity contribution in [3.8, 4) is 0 Å². The molecule has 110 valence electrons. The molecular weight excluding hydrogens is 284 g/mol. The number of H-pyrrole nitrogens is 1. The van der Waals surface area contributed by atoms with Gasteiger partial charge in [0.2, 0.25) is 0 Å². The van der Waals surface area contributed by atoms with Crippen LogP contribution in [0.25, 0.3) is 11.0 Å². The number of carbonyl (C=O) groups excluding carboxylic acids is 2. The van der Waals surface area contributed by atoms with E-state index in [9.17, 15) is 9.59 Å². The molecule has 0 saturated carbocycles. The molecule has 0 atom stereocenters. The number of imidazole rings is 1. The third kappa shape index (κ3) is 3.09. The third-order valence-electron chi connectivity index (χ3n) is 2.94. The van der Waals surface area contributed by atoms with Gasteiger partial charge in [-0.25, -0.2) is 9.78 Å². The minimum Gasteiger partial charge on any atom is -0.452 e. The summed E-state index contributed by atoms with van der Waals surface area (Å²) >= 11 is 0. The summed E-state index contributed by atoms with van der Waals surface area (Å²) in [5.74, 6) is -0.998. The number of fused-ring (bicyclic) bond motifs is 1. The lowest BCUT2D eigenvalue weighted by Gasteiger charge is -2.06. The van der Waals surface area contributed by atoms with Gasteiger partial charge < -0.3 is 15.0 Å². The van der Waals surface area contributed by atoms with Crippen LogP contribution in [0.15, 0.2) is 49.1 Å². The summed E-state index contributed by atoms with van der Waals surface area (Å²) in [6.45, 7) is -0.366. The highest BCUT2D eigenvalue weighted by molar-refractivity contribution is 5.97. The first-order valence-electron chi connectivity index (χ1n) is 6.52. The Balaban J connectivity index is 1.58. The Bertz CT molecular complexity index is 814. The number of nitrogens with zero attached hydrogens (tertiary/aromatic N) is 2. The van der Waals surface area contributed by atoms with Crippen LogP contribution in [0, 0.1) is 0 Å². The highest BCUT2D eigenvalue weighted by Gasteiger charge is 2.11. The number of carbonyl (C=O) groups is 2. The average Bonchev–Trinajstić information content (AvgIpc) is 3.01. The van der Waals surface area contributed by atoms with Crippen LogP contribution in [0.1, 0.15) is 10.4 Å². The molecule has 3 rings (SSSR count). The van der Waals surface area contributed by atoms with Crippen molar-refractivity contribution >= 4 is 28.6 Å². The molecule has 0 spiro atoms. The number of ether oxygens (including phenoxy) is 1. The Morgan fingerprint density at radius 3 is 3.00 bits per heavy atom. The number of aromatic nitrogens is 3. The van der Waals surface area contributed by atoms with Crippen LogP contribution in [-0.2, 0) is 9.53 Å². The van der Waals surface area contributed by atoms with E-state index in [-0.39, 0.29) is 6.61 Å². The SMILES string of the molecule is O=C(COC(=O)c1ccc2nc[nH]c2c1)Nc1cccnc1. The summed E-state index contributed by atoms with van der Waals surface area (Å²) in [4.78, 5) is 34.4. The molecule has 0 bridgehead atoms. The molecule has 7 nitrogen and oxygen atoms in total. The summed E-state index contributed by atoms with van der Waals surface area (Å²) in [7, 11) is 0. The fourth-order valence-corrected chi connectivity index (χ4v) is 1.91. The number of nitrogens with one attached hydrogen (secondary N) is 2. The zero-order chi connectivity index (χ0) is 15.4. The van der Waals surface area contributed by atoms with E-state index in [0.717, 1.165) is 11.0 Å². The van der Waals surface area contributed by atoms with Crippen molar-refractivity contribution in [2.75, 3.05) is 11.9 Å². The molecular formula is C15H12N4O3. The van der Waals surface area contributed by atoms with Gasteiger partial charge in [-0.3, -0.25) is 9.78 Å². The number of benzene rings is 1. The van der Waals surface area contributed by atoms with Crippen LogP contribution in [0.4, 0.5) is 5.69 Å². The van der Waals surface area contributed by atoms with Gasteiger partial charge in [0.1, 0.15) is 0 Å². The largest absolute Gasteiger partial charge is 0.452 e. The van der Waals surface area contributed by atoms with E-state index in [0.29, 0.717) is 11.3 Å². The van der Waals surface area contributed by atoms with Gasteiger partial charge in [-0.1, -0.05) is 0 Å². The van der Waals surface area contributed by atoms with Gasteiger partial charge in [-0.05, 0) is 30.3 Å². The lowest BCUT2D eigenvalue weighted by molar-refractivity contribution is -0.119. The van der Waals surface area contributed by atoms with Crippen LogP contribution in [0.2, 0.25) is 0 Å². The smallest absolute Gasteiger partial charge is 0.338 e. The van der Waals surface area contributed by atoms with Crippen molar-refractivity contribution in [2.24, 2.45) is 0 Å². The van der Waals surface area contributed by atoms with E-state index in [1.54, 1.807) is 42.9 Å². The van der Waals surface area contributed by atoms with E-state index in [4.69, 9.17) is 4.74 Å². The molecule has 1 amide bonds. The van der Waals surface area contributed by atoms with Crippen LogP contribution in [0.3, 0.4) is 0 Å². The van der Waals surface area contributed by atoms with E-state index in [1.807, 2.05) is 0 Å². The topological polar surface area (TPSA) is 97.0 Å². The van der Waals surface area contributed by atoms with Crippen molar-refractivity contribution in [3.63, 3.8) is 0 Å². The predicted octanol–water partition coefficient (Wildman–Crippen LogP) is 1.75. The molecule has 7 heteroatoms. The highest BCUT2D eigenvalue weighted by atomic mass is 16.5. The van der Waals surface area contributed by atoms with Crippen LogP contribution < -0.4 is 5.32 Å². The molecule has 0 aliphatic rings. The second-order valence-electron chi connectivity index (χ2n) is 4.50. The Morgan fingerprint density at radius 1 is 1.27 bits per heavy atom. The molecule has 0 saturated heterocycles. The minimum absolute atomic E-state index is 0.353. The molecule has 0 aliphatic heterocycles. The summed E-state index contributed by atoms with van der Waals surface area (Å²) in [6, 6.07) is 8.33. The molecule has 0 radical (unpaired) electrons. The monoisotopic (exact) mass is 296 g/mol. The Hall–Kier alpha value is -3.22. The summed E-state index contributed by atoms with van der Waals surface area (Å²) < 4.78 is 4.98. The van der Waals surface area contributed by atoms with Gasteiger partial charge in [0.25, 0.3) is 5.91 Å². The van der Waals surface area contributed by atoms with Gasteiger partial charge in [0.05, 0.1) is 34.8 Å². The number of pyridine rings is 1. The second-order valence-corrected chi connectivity index (χ2v) is 4.50. The first-order chi connectivity index (χ1) is 10.7. The van der Waals surface area contributed by atoms with Crippen molar-refractivity contribution in [1.82, 2.24) is 15.0 Å². The van der Waals surface area contributed by atoms with Gasteiger partial charge in [-0.15, -0.1) is 0 Å². The maximum atomic E-state index is 11.9. The number of hydrogen-bond acceptors (Lipinski definition) is 5. The number of esters is 1. The number of hydrogen-bond donors (Lipinski definition) is 2. The number of rotatable bonds is 4. The highest BCUT2D eigenvalue weighted by Crippen LogP contribution is 2.12. The van der Waals surface area contributed by atoms with E-state index in [1.165, 1.54) is 6.20 Å². The van der Waals surface area contributed by atoms with Crippen LogP contribution in [0.5, 0.6) is 0 Å². The Labute approximate surface area is 125 Å². The Morgan fingerprint density at radius 2 is 2.18 bits per heavy atom. The lowest BCUT2D eigenvalue weighted by Crippen LogP contribution is -2.20. The first kappa shape index (κ1) is 13.7. The van der Waals surface area contributed by atoms with Gasteiger partial charge in [0.15, 0.2) is 6.61 Å². The van der Waals surface area contributed by atoms with E-state index in [2.05, 4.69) is 20.3 Å². The molecule has 22 heavy (non-hydrogen) atoms. The molecule has 2 heterocycles. The van der Waals surface area contributed by atoms with Gasteiger partial charge >= 0.3 is 5.97 Å². The van der Waals surface area contributed by atoms with Gasteiger partial charge in [0, 0.05) is 6.20 Å². The van der Waals surface area contributed by atoms with Crippen LogP contribution >= 0.6 is 0 Å². The molecule has 3 aromatic rings. The summed E-state index contributed by atoms with van der Waals surface area (Å²) in [5, 5.41) is 2.58. The Kier molecular flexibility index (Phi) is 3.78. The summed E-state index contributed by atoms with van der Waals surface area (Å²) in [5.41, 5.74) is 2.38. The average molecular weight is 296 g/mol. The minimum atomic E-state index is -0.571. The number of aromatic amines is 1. The molecule has 0 unspecified atom stereocenters. The molecule has 0 aliphatic carbocycles. The first-order valence-corrected chi connectivity index (χ1v) is 6.52. The molecule has 1 aromatic carbocycles. The second kappa shape index (κ2) is 6.04. The molecule has 2 N–H and O–H groups in total. The van der Waals surface area contributed by atoms with Crippen molar-refractivity contribution in [1.29, 1.82) is 0 Å². The third-order valence-corrected chi connectivity index (χ3v) is 2.94. The quantitative estimate of drug-likeness (QED) is 0.715. The fraction of sp³-hybridized carbons (Fsp3) is 0.0667. The summed E-state index contributed by atoms with van der Waals surface area (Å²) in [6.07, 6.45) is 4.65. The number of amides is 1. The van der Waals surface area contributed by atoms with Crippen molar-refractivity contribution < 1.29 is 14.3 Å². The standard InChI is InChI=1S/C15H12N4O3/c20-14(19-11-2-1-5-16-7-11)8-22-15(21)10-3-4-12-13(6-10)18-9-17-12/h1-7,9H,8H2,(H,17,18)(H,19,20). The number of anilines is 1. The molecule has 2 aromatic heterocycles. The zero-order valence-corrected chi connectivity index (χ0v) is 11.4. The lowest BCUT2D eigenvalue weighted by atomic mass is 10.2. The normalized spacial score (nSPS) is 10.4. The maximum Gasteiger partial charge on any atom is 0.338 e. The van der Waals surface area contributed by atoms with Gasteiger partial charge in [-0.2, -0.15) is 0 Å². The maximum absolute atomic E-state index is 11.9. The van der Waals surface area contributed by atoms with Crippen LogP contribution in [-0.4, -0.2) is 33.4 Å².